The first kappa shape index (κ1) is 27.0. The molecule has 0 saturated carbocycles. The van der Waals surface area contributed by atoms with Crippen molar-refractivity contribution >= 4 is 11.6 Å². The summed E-state index contributed by atoms with van der Waals surface area (Å²) in [6.45, 7) is 8.85. The van der Waals surface area contributed by atoms with Gasteiger partial charge < -0.3 is 10.1 Å². The fraction of sp³-hybridized carbons (Fsp3) is 0.567. The smallest absolute Gasteiger partial charge is 0.265 e. The molecule has 0 aliphatic rings. The van der Waals surface area contributed by atoms with Crippen molar-refractivity contribution in [2.75, 3.05) is 5.32 Å². The number of carbonyl (C=O) groups excluding carboxylic acids is 1. The van der Waals surface area contributed by atoms with Gasteiger partial charge in [-0.1, -0.05) is 110 Å². The van der Waals surface area contributed by atoms with Crippen LogP contribution in [0.1, 0.15) is 104 Å². The minimum atomic E-state index is -0.497. The van der Waals surface area contributed by atoms with Gasteiger partial charge in [0.25, 0.3) is 5.91 Å². The Balaban J connectivity index is 1.85. The number of ether oxygens (including phenoxy) is 1. The molecule has 0 fully saturated rings. The maximum Gasteiger partial charge on any atom is 0.265 e. The van der Waals surface area contributed by atoms with Crippen molar-refractivity contribution in [1.82, 2.24) is 0 Å². The highest BCUT2D eigenvalue weighted by molar-refractivity contribution is 5.94. The van der Waals surface area contributed by atoms with Crippen LogP contribution in [0.3, 0.4) is 0 Å². The fourth-order valence-electron chi connectivity index (χ4n) is 3.95. The first-order chi connectivity index (χ1) is 15.9. The number of rotatable bonds is 15. The first-order valence-corrected chi connectivity index (χ1v) is 12.9. The van der Waals surface area contributed by atoms with Crippen LogP contribution in [0.5, 0.6) is 5.75 Å². The maximum atomic E-state index is 13.0. The second-order valence-corrected chi connectivity index (χ2v) is 10.1. The molecule has 0 aliphatic heterocycles. The summed E-state index contributed by atoms with van der Waals surface area (Å²) < 4.78 is 6.18. The summed E-state index contributed by atoms with van der Waals surface area (Å²) in [6, 6.07) is 18.5. The Morgan fingerprint density at radius 2 is 1.39 bits per heavy atom. The van der Waals surface area contributed by atoms with Crippen LogP contribution in [-0.4, -0.2) is 12.0 Å². The lowest BCUT2D eigenvalue weighted by Crippen LogP contribution is -2.33. The molecule has 2 rings (SSSR count). The van der Waals surface area contributed by atoms with Crippen LogP contribution < -0.4 is 10.1 Å². The zero-order valence-electron chi connectivity index (χ0n) is 21.3. The zero-order chi connectivity index (χ0) is 23.9. The molecule has 1 N–H and O–H groups in total. The third-order valence-electron chi connectivity index (χ3n) is 6.10. The van der Waals surface area contributed by atoms with Gasteiger partial charge in [-0.05, 0) is 54.2 Å². The summed E-state index contributed by atoms with van der Waals surface area (Å²) in [4.78, 5) is 13.0. The Hall–Kier alpha value is -2.29. The number of anilines is 1. The van der Waals surface area contributed by atoms with E-state index in [9.17, 15) is 4.79 Å². The predicted molar refractivity (Wildman–Crippen MR) is 140 cm³/mol. The third-order valence-corrected chi connectivity index (χ3v) is 6.10. The number of carbonyl (C=O) groups is 1. The van der Waals surface area contributed by atoms with Crippen molar-refractivity contribution in [2.24, 2.45) is 0 Å². The van der Waals surface area contributed by atoms with E-state index in [1.807, 2.05) is 24.3 Å². The van der Waals surface area contributed by atoms with Crippen LogP contribution in [0.15, 0.2) is 48.5 Å². The molecule has 0 aliphatic carbocycles. The Morgan fingerprint density at radius 3 is 1.94 bits per heavy atom. The van der Waals surface area contributed by atoms with Gasteiger partial charge in [-0.25, -0.2) is 0 Å². The normalized spacial score (nSPS) is 12.4. The lowest BCUT2D eigenvalue weighted by molar-refractivity contribution is -0.123. The molecule has 0 bridgehead atoms. The summed E-state index contributed by atoms with van der Waals surface area (Å²) in [7, 11) is 0. The second kappa shape index (κ2) is 14.8. The average molecular weight is 451 g/mol. The van der Waals surface area contributed by atoms with E-state index in [-0.39, 0.29) is 11.3 Å². The van der Waals surface area contributed by atoms with Crippen molar-refractivity contribution in [3.8, 4) is 5.75 Å². The molecule has 1 radical (unpaired) electrons. The summed E-state index contributed by atoms with van der Waals surface area (Å²) >= 11 is 0. The van der Waals surface area contributed by atoms with Gasteiger partial charge in [-0.15, -0.1) is 0 Å². The Morgan fingerprint density at radius 1 is 0.848 bits per heavy atom. The number of hydrogen-bond donors (Lipinski definition) is 1. The van der Waals surface area contributed by atoms with Crippen molar-refractivity contribution < 1.29 is 9.53 Å². The molecule has 1 atom stereocenters. The first-order valence-electron chi connectivity index (χ1n) is 12.9. The molecular formula is C30H44NO2. The lowest BCUT2D eigenvalue weighted by Gasteiger charge is -2.21. The molecule has 3 heteroatoms. The standard InChI is InChI=1S/C30H44NO2/c1-5-6-7-8-9-10-11-12-13-17-20-28(29(32)31-26-18-15-14-16-19-26)33-27-23-21-25(22-24-27)30(2,3)4/h15-16,18-19,21-24,28H,5-13,17,20H2,1-4H3,(H,31,32). The Labute approximate surface area is 202 Å². The molecular weight excluding hydrogens is 406 g/mol. The van der Waals surface area contributed by atoms with Crippen LogP contribution in [0, 0.1) is 6.07 Å². The monoisotopic (exact) mass is 450 g/mol. The third kappa shape index (κ3) is 10.9. The quantitative estimate of drug-likeness (QED) is 0.276. The molecule has 0 heterocycles. The van der Waals surface area contributed by atoms with Crippen LogP contribution in [-0.2, 0) is 10.2 Å². The van der Waals surface area contributed by atoms with Crippen molar-refractivity contribution in [1.29, 1.82) is 0 Å². The Kier molecular flexibility index (Phi) is 12.1. The van der Waals surface area contributed by atoms with Gasteiger partial charge in [0.2, 0.25) is 0 Å². The minimum absolute atomic E-state index is 0.0861. The highest BCUT2D eigenvalue weighted by Gasteiger charge is 2.21. The molecule has 1 unspecified atom stereocenters. The number of unbranched alkanes of at least 4 members (excludes halogenated alkanes) is 9. The highest BCUT2D eigenvalue weighted by Crippen LogP contribution is 2.25. The van der Waals surface area contributed by atoms with Crippen LogP contribution in [0.25, 0.3) is 0 Å². The van der Waals surface area contributed by atoms with E-state index in [1.54, 1.807) is 12.1 Å². The molecule has 2 aromatic carbocycles. The van der Waals surface area contributed by atoms with Gasteiger partial charge in [0, 0.05) is 5.69 Å². The summed E-state index contributed by atoms with van der Waals surface area (Å²) in [5.41, 5.74) is 2.12. The summed E-state index contributed by atoms with van der Waals surface area (Å²) in [5.74, 6) is 0.661. The molecule has 0 saturated heterocycles. The molecule has 0 aromatic heterocycles. The lowest BCUT2D eigenvalue weighted by atomic mass is 9.87. The second-order valence-electron chi connectivity index (χ2n) is 10.1. The number of amides is 1. The van der Waals surface area contributed by atoms with Gasteiger partial charge in [0.15, 0.2) is 6.10 Å². The summed E-state index contributed by atoms with van der Waals surface area (Å²) in [6.07, 6.45) is 13.0. The largest absolute Gasteiger partial charge is 0.481 e. The molecule has 0 spiro atoms. The van der Waals surface area contributed by atoms with Crippen LogP contribution in [0.4, 0.5) is 5.69 Å². The van der Waals surface area contributed by atoms with E-state index in [0.717, 1.165) is 30.7 Å². The van der Waals surface area contributed by atoms with Gasteiger partial charge >= 0.3 is 0 Å². The average Bonchev–Trinajstić information content (AvgIpc) is 2.80. The fourth-order valence-corrected chi connectivity index (χ4v) is 3.95. The Bertz CT molecular complexity index is 777. The van der Waals surface area contributed by atoms with Gasteiger partial charge in [-0.3, -0.25) is 4.79 Å². The number of nitrogens with one attached hydrogen (secondary N) is 1. The van der Waals surface area contributed by atoms with E-state index in [0.29, 0.717) is 0 Å². The van der Waals surface area contributed by atoms with E-state index < -0.39 is 6.10 Å². The topological polar surface area (TPSA) is 38.3 Å². The molecule has 33 heavy (non-hydrogen) atoms. The van der Waals surface area contributed by atoms with Gasteiger partial charge in [0.1, 0.15) is 5.75 Å². The molecule has 2 aromatic rings. The molecule has 181 valence electrons. The molecule has 3 nitrogen and oxygen atoms in total. The predicted octanol–water partition coefficient (Wildman–Crippen LogP) is 8.48. The van der Waals surface area contributed by atoms with Gasteiger partial charge in [0.05, 0.1) is 0 Å². The number of benzene rings is 2. The van der Waals surface area contributed by atoms with E-state index >= 15 is 0 Å². The number of hydrogen-bond acceptors (Lipinski definition) is 2. The highest BCUT2D eigenvalue weighted by atomic mass is 16.5. The van der Waals surface area contributed by atoms with Crippen molar-refractivity contribution in [2.45, 2.75) is 110 Å². The minimum Gasteiger partial charge on any atom is -0.481 e. The van der Waals surface area contributed by atoms with Crippen molar-refractivity contribution in [3.63, 3.8) is 0 Å². The molecule has 1 amide bonds. The van der Waals surface area contributed by atoms with E-state index in [4.69, 9.17) is 4.74 Å². The van der Waals surface area contributed by atoms with Crippen LogP contribution >= 0.6 is 0 Å². The van der Waals surface area contributed by atoms with Gasteiger partial charge in [-0.2, -0.15) is 0 Å². The summed E-state index contributed by atoms with van der Waals surface area (Å²) in [5, 5.41) is 3.00. The van der Waals surface area contributed by atoms with E-state index in [1.165, 1.54) is 56.9 Å². The SMILES string of the molecule is CCCCCCCCCCCCC(Oc1ccc(C(C)(C)C)cc1)C(=O)Nc1cc[c]cc1. The zero-order valence-corrected chi connectivity index (χ0v) is 21.3. The maximum absolute atomic E-state index is 13.0. The van der Waals surface area contributed by atoms with Crippen molar-refractivity contribution in [3.05, 3.63) is 60.2 Å². The van der Waals surface area contributed by atoms with Crippen LogP contribution in [0.2, 0.25) is 0 Å². The van der Waals surface area contributed by atoms with E-state index in [2.05, 4.69) is 51.2 Å².